The number of carbonyl (C=O) groups excluding carboxylic acids is 3. The fraction of sp³-hybridized carbons (Fsp3) is 0.692. The summed E-state index contributed by atoms with van der Waals surface area (Å²) in [6.45, 7) is 13.7. The number of carboxylic acids is 1. The number of aliphatic carboxylic acids is 1. The van der Waals surface area contributed by atoms with Crippen molar-refractivity contribution in [3.8, 4) is 0 Å². The van der Waals surface area contributed by atoms with Crippen LogP contribution in [0.3, 0.4) is 0 Å². The quantitative estimate of drug-likeness (QED) is 0.220. The number of hydrogen-bond donors (Lipinski definition) is 2. The molecule has 0 bridgehead atoms. The van der Waals surface area contributed by atoms with Crippen LogP contribution < -0.4 is 5.73 Å². The van der Waals surface area contributed by atoms with E-state index in [9.17, 15) is 27.6 Å². The number of alkyl halides is 3. The third kappa shape index (κ3) is 23.5. The largest absolute Gasteiger partial charge is 0.490 e. The Hall–Kier alpha value is -2.89. The lowest BCUT2D eigenvalue weighted by molar-refractivity contribution is -0.192. The molecular formula is C26H44F3NO8. The first-order valence-corrected chi connectivity index (χ1v) is 12.0. The first-order chi connectivity index (χ1) is 17.2. The Labute approximate surface area is 223 Å². The lowest BCUT2D eigenvalue weighted by Gasteiger charge is -2.23. The van der Waals surface area contributed by atoms with Gasteiger partial charge in [-0.1, -0.05) is 52.7 Å². The van der Waals surface area contributed by atoms with Gasteiger partial charge in [-0.25, -0.2) is 14.4 Å². The van der Waals surface area contributed by atoms with Gasteiger partial charge in [-0.3, -0.25) is 4.79 Å². The van der Waals surface area contributed by atoms with Crippen molar-refractivity contribution in [3.63, 3.8) is 0 Å². The number of nitrogens with two attached hydrogens (primary N) is 1. The molecular weight excluding hydrogens is 511 g/mol. The van der Waals surface area contributed by atoms with E-state index in [1.807, 2.05) is 27.7 Å². The smallest absolute Gasteiger partial charge is 0.475 e. The van der Waals surface area contributed by atoms with Gasteiger partial charge in [0.05, 0.1) is 20.6 Å². The number of carbonyl (C=O) groups is 4. The number of ether oxygens (including phenoxy) is 3. The molecule has 0 rings (SSSR count). The summed E-state index contributed by atoms with van der Waals surface area (Å²) in [6, 6.07) is -0.0610. The molecule has 0 saturated heterocycles. The zero-order chi connectivity index (χ0) is 30.7. The van der Waals surface area contributed by atoms with Crippen LogP contribution in [0.2, 0.25) is 0 Å². The van der Waals surface area contributed by atoms with Crippen molar-refractivity contribution in [3.05, 3.63) is 24.3 Å². The molecule has 0 spiro atoms. The summed E-state index contributed by atoms with van der Waals surface area (Å²) in [5, 5.41) is 7.12. The molecule has 0 amide bonds. The van der Waals surface area contributed by atoms with Crippen LogP contribution in [0, 0.1) is 17.8 Å². The molecule has 3 N–H and O–H groups in total. The number of allylic oxidation sites excluding steroid dienone is 1. The average molecular weight is 556 g/mol. The van der Waals surface area contributed by atoms with E-state index in [0.717, 1.165) is 12.8 Å². The standard InChI is InChI=1S/C15H26O4.C9H17NO2.C2HF3O2/c1-7-11(2)12(8-9-13(16)18-6)10-14(17)19-15(3,4)5;1-4-7(2)8(10)5-6-9(11)12-3;3-2(4,5)1(6)7/h8-9,11-12H,7,10H2,1-6H3;5-8H,4,10H2,1-3H3;(H,6,7)/b9-8+;6-5+;/t11-,12-;7-,8+;/m00./s1. The van der Waals surface area contributed by atoms with Crippen molar-refractivity contribution in [1.82, 2.24) is 0 Å². The van der Waals surface area contributed by atoms with E-state index < -0.39 is 23.7 Å². The van der Waals surface area contributed by atoms with Crippen LogP contribution in [0.15, 0.2) is 24.3 Å². The molecule has 4 atom stereocenters. The van der Waals surface area contributed by atoms with Crippen molar-refractivity contribution in [2.24, 2.45) is 23.5 Å². The van der Waals surface area contributed by atoms with Crippen molar-refractivity contribution in [1.29, 1.82) is 0 Å². The van der Waals surface area contributed by atoms with E-state index >= 15 is 0 Å². The SMILES string of the molecule is CC[C@H](C)[C@@H](/C=C/C(=O)OC)CC(=O)OC(C)(C)C.CC[C@H](C)[C@H](N)/C=C/C(=O)OC.O=C(O)C(F)(F)F. The molecule has 0 fully saturated rings. The summed E-state index contributed by atoms with van der Waals surface area (Å²) in [6.07, 6.45) is 3.30. The molecule has 0 aromatic rings. The molecule has 0 aliphatic carbocycles. The number of methoxy groups -OCH3 is 2. The predicted molar refractivity (Wildman–Crippen MR) is 137 cm³/mol. The summed E-state index contributed by atoms with van der Waals surface area (Å²) in [7, 11) is 2.68. The van der Waals surface area contributed by atoms with Gasteiger partial charge in [0, 0.05) is 18.2 Å². The number of carboxylic acid groups (broad SMARTS) is 1. The van der Waals surface area contributed by atoms with Gasteiger partial charge >= 0.3 is 30.1 Å². The van der Waals surface area contributed by atoms with Crippen LogP contribution in [-0.2, 0) is 33.4 Å². The minimum absolute atomic E-state index is 0.0149. The van der Waals surface area contributed by atoms with Crippen molar-refractivity contribution < 1.29 is 51.7 Å². The number of rotatable bonds is 10. The van der Waals surface area contributed by atoms with Crippen LogP contribution in [0.5, 0.6) is 0 Å². The van der Waals surface area contributed by atoms with Gasteiger partial charge in [-0.05, 0) is 38.5 Å². The molecule has 0 aliphatic rings. The van der Waals surface area contributed by atoms with Crippen LogP contribution in [-0.4, -0.2) is 61.0 Å². The third-order valence-electron chi connectivity index (χ3n) is 5.08. The maximum absolute atomic E-state index is 11.8. The van der Waals surface area contributed by atoms with Crippen molar-refractivity contribution >= 4 is 23.9 Å². The maximum Gasteiger partial charge on any atom is 0.490 e. The van der Waals surface area contributed by atoms with Gasteiger partial charge < -0.3 is 25.1 Å². The Morgan fingerprint density at radius 2 is 1.26 bits per heavy atom. The highest BCUT2D eigenvalue weighted by atomic mass is 19.4. The Balaban J connectivity index is -0.000000547. The first kappa shape index (κ1) is 39.6. The molecule has 0 unspecified atom stereocenters. The highest BCUT2D eigenvalue weighted by molar-refractivity contribution is 5.82. The van der Waals surface area contributed by atoms with E-state index in [1.54, 1.807) is 12.2 Å². The van der Waals surface area contributed by atoms with E-state index in [1.165, 1.54) is 26.4 Å². The molecule has 0 aromatic heterocycles. The van der Waals surface area contributed by atoms with Crippen molar-refractivity contribution in [2.75, 3.05) is 14.2 Å². The summed E-state index contributed by atoms with van der Waals surface area (Å²) in [5.41, 5.74) is 5.25. The first-order valence-electron chi connectivity index (χ1n) is 12.0. The lowest BCUT2D eigenvalue weighted by Crippen LogP contribution is -2.26. The topological polar surface area (TPSA) is 142 Å². The van der Waals surface area contributed by atoms with E-state index in [4.69, 9.17) is 20.4 Å². The van der Waals surface area contributed by atoms with Gasteiger partial charge in [0.25, 0.3) is 0 Å². The van der Waals surface area contributed by atoms with Gasteiger partial charge in [0.1, 0.15) is 5.60 Å². The zero-order valence-electron chi connectivity index (χ0n) is 23.8. The van der Waals surface area contributed by atoms with Crippen LogP contribution in [0.1, 0.15) is 67.7 Å². The van der Waals surface area contributed by atoms with Gasteiger partial charge in [-0.2, -0.15) is 13.2 Å². The molecule has 0 saturated carbocycles. The van der Waals surface area contributed by atoms with Gasteiger partial charge in [0.15, 0.2) is 0 Å². The number of esters is 3. The molecule has 0 aliphatic heterocycles. The summed E-state index contributed by atoms with van der Waals surface area (Å²) >= 11 is 0. The second-order valence-corrected chi connectivity index (χ2v) is 9.37. The highest BCUT2D eigenvalue weighted by Gasteiger charge is 2.38. The molecule has 0 radical (unpaired) electrons. The lowest BCUT2D eigenvalue weighted by atomic mass is 9.88. The number of hydrogen-bond acceptors (Lipinski definition) is 8. The zero-order valence-corrected chi connectivity index (χ0v) is 23.8. The average Bonchev–Trinajstić information content (AvgIpc) is 2.82. The second-order valence-electron chi connectivity index (χ2n) is 9.37. The Morgan fingerprint density at radius 1 is 0.868 bits per heavy atom. The molecule has 0 aromatic carbocycles. The van der Waals surface area contributed by atoms with Crippen LogP contribution >= 0.6 is 0 Å². The fourth-order valence-electron chi connectivity index (χ4n) is 2.33. The monoisotopic (exact) mass is 555 g/mol. The van der Waals surface area contributed by atoms with Crippen LogP contribution in [0.25, 0.3) is 0 Å². The third-order valence-corrected chi connectivity index (χ3v) is 5.08. The molecule has 222 valence electrons. The van der Waals surface area contributed by atoms with Crippen LogP contribution in [0.4, 0.5) is 13.2 Å². The minimum atomic E-state index is -5.08. The summed E-state index contributed by atoms with van der Waals surface area (Å²) < 4.78 is 46.0. The van der Waals surface area contributed by atoms with Gasteiger partial charge in [-0.15, -0.1) is 0 Å². The number of halogens is 3. The Morgan fingerprint density at radius 3 is 1.58 bits per heavy atom. The summed E-state index contributed by atoms with van der Waals surface area (Å²) in [4.78, 5) is 42.5. The summed E-state index contributed by atoms with van der Waals surface area (Å²) in [5.74, 6) is -3.08. The Bertz CT molecular complexity index is 773. The molecule has 12 heteroatoms. The van der Waals surface area contributed by atoms with Crippen molar-refractivity contribution in [2.45, 2.75) is 85.5 Å². The maximum atomic E-state index is 11.8. The van der Waals surface area contributed by atoms with E-state index in [0.29, 0.717) is 11.8 Å². The fourth-order valence-corrected chi connectivity index (χ4v) is 2.33. The predicted octanol–water partition coefficient (Wildman–Crippen LogP) is 4.83. The van der Waals surface area contributed by atoms with E-state index in [2.05, 4.69) is 30.2 Å². The molecule has 9 nitrogen and oxygen atoms in total. The van der Waals surface area contributed by atoms with E-state index in [-0.39, 0.29) is 30.3 Å². The van der Waals surface area contributed by atoms with Gasteiger partial charge in [0.2, 0.25) is 0 Å². The second kappa shape index (κ2) is 20.1. The molecule has 0 heterocycles. The Kier molecular flexibility index (Phi) is 21.0. The normalized spacial score (nSPS) is 14.7. The molecule has 38 heavy (non-hydrogen) atoms. The minimum Gasteiger partial charge on any atom is -0.475 e. The highest BCUT2D eigenvalue weighted by Crippen LogP contribution is 2.22.